The maximum Gasteiger partial charge on any atom is 0.243 e. The number of imidazole rings is 1. The number of carbonyl (C=O) groups excluding carboxylic acids is 1. The fraction of sp³-hybridized carbons (Fsp3) is 0.200. The highest BCUT2D eigenvalue weighted by Crippen LogP contribution is 2.25. The van der Waals surface area contributed by atoms with Crippen LogP contribution in [-0.2, 0) is 16.1 Å². The van der Waals surface area contributed by atoms with Crippen LogP contribution in [-0.4, -0.2) is 36.2 Å². The number of fused-ring (bicyclic) bond motifs is 1. The SMILES string of the molecule is CNC(=O)/C=C/c1ccccc1Nc1nc2ccccc2n1CCOC. The molecule has 6 nitrogen and oxygen atoms in total. The average Bonchev–Trinajstić information content (AvgIpc) is 3.02. The summed E-state index contributed by atoms with van der Waals surface area (Å²) in [6.45, 7) is 1.28. The highest BCUT2D eigenvalue weighted by atomic mass is 16.5. The Kier molecular flexibility index (Phi) is 5.66. The van der Waals surface area contributed by atoms with E-state index in [2.05, 4.69) is 15.2 Å². The van der Waals surface area contributed by atoms with Gasteiger partial charge in [0.1, 0.15) is 0 Å². The first-order valence-corrected chi connectivity index (χ1v) is 8.43. The van der Waals surface area contributed by atoms with Gasteiger partial charge in [-0.25, -0.2) is 4.98 Å². The second-order valence-electron chi connectivity index (χ2n) is 5.73. The summed E-state index contributed by atoms with van der Waals surface area (Å²) in [7, 11) is 3.29. The van der Waals surface area contributed by atoms with E-state index >= 15 is 0 Å². The molecule has 0 aliphatic carbocycles. The quantitative estimate of drug-likeness (QED) is 0.642. The zero-order chi connectivity index (χ0) is 18.4. The molecule has 0 unspecified atom stereocenters. The fourth-order valence-electron chi connectivity index (χ4n) is 2.71. The minimum Gasteiger partial charge on any atom is -0.383 e. The Hall–Kier alpha value is -3.12. The summed E-state index contributed by atoms with van der Waals surface area (Å²) in [5.74, 6) is 0.594. The van der Waals surface area contributed by atoms with Gasteiger partial charge in [-0.3, -0.25) is 4.79 Å². The van der Waals surface area contributed by atoms with Crippen LogP contribution >= 0.6 is 0 Å². The van der Waals surface area contributed by atoms with Crippen molar-refractivity contribution in [3.8, 4) is 0 Å². The molecule has 3 aromatic rings. The molecule has 1 aromatic heterocycles. The zero-order valence-corrected chi connectivity index (χ0v) is 14.9. The number of aromatic nitrogens is 2. The van der Waals surface area contributed by atoms with Gasteiger partial charge in [0, 0.05) is 32.5 Å². The summed E-state index contributed by atoms with van der Waals surface area (Å²) >= 11 is 0. The molecule has 0 saturated heterocycles. The van der Waals surface area contributed by atoms with Gasteiger partial charge in [-0.1, -0.05) is 30.3 Å². The number of rotatable bonds is 7. The number of benzene rings is 2. The molecule has 2 N–H and O–H groups in total. The molecule has 0 spiro atoms. The summed E-state index contributed by atoms with van der Waals surface area (Å²) in [6, 6.07) is 15.8. The number of likely N-dealkylation sites (N-methyl/N-ethyl adjacent to an activating group) is 1. The number of methoxy groups -OCH3 is 1. The van der Waals surface area contributed by atoms with E-state index in [9.17, 15) is 4.79 Å². The third-order valence-corrected chi connectivity index (χ3v) is 4.04. The van der Waals surface area contributed by atoms with Crippen LogP contribution in [0.1, 0.15) is 5.56 Å². The van der Waals surface area contributed by atoms with Crippen molar-refractivity contribution >= 4 is 34.7 Å². The van der Waals surface area contributed by atoms with Crippen molar-refractivity contribution in [2.75, 3.05) is 26.1 Å². The van der Waals surface area contributed by atoms with Crippen molar-refractivity contribution in [3.05, 3.63) is 60.2 Å². The number of hydrogen-bond donors (Lipinski definition) is 2. The first-order valence-electron chi connectivity index (χ1n) is 8.43. The number of hydrogen-bond acceptors (Lipinski definition) is 4. The van der Waals surface area contributed by atoms with Gasteiger partial charge in [0.25, 0.3) is 0 Å². The second-order valence-corrected chi connectivity index (χ2v) is 5.73. The Morgan fingerprint density at radius 3 is 2.77 bits per heavy atom. The fourth-order valence-corrected chi connectivity index (χ4v) is 2.71. The Balaban J connectivity index is 1.96. The third-order valence-electron chi connectivity index (χ3n) is 4.04. The van der Waals surface area contributed by atoms with Gasteiger partial charge in [0.05, 0.1) is 17.6 Å². The summed E-state index contributed by atoms with van der Waals surface area (Å²) < 4.78 is 7.33. The van der Waals surface area contributed by atoms with Crippen LogP contribution in [0.15, 0.2) is 54.6 Å². The van der Waals surface area contributed by atoms with Crippen LogP contribution in [0.5, 0.6) is 0 Å². The van der Waals surface area contributed by atoms with Crippen LogP contribution < -0.4 is 10.6 Å². The van der Waals surface area contributed by atoms with Crippen molar-refractivity contribution < 1.29 is 9.53 Å². The van der Waals surface area contributed by atoms with E-state index in [-0.39, 0.29) is 5.91 Å². The predicted octanol–water partition coefficient (Wildman–Crippen LogP) is 3.19. The highest BCUT2D eigenvalue weighted by Gasteiger charge is 2.11. The molecule has 3 rings (SSSR count). The second kappa shape index (κ2) is 8.31. The Morgan fingerprint density at radius 1 is 1.19 bits per heavy atom. The summed E-state index contributed by atoms with van der Waals surface area (Å²) in [5.41, 5.74) is 3.75. The largest absolute Gasteiger partial charge is 0.383 e. The van der Waals surface area contributed by atoms with Crippen molar-refractivity contribution in [2.24, 2.45) is 0 Å². The zero-order valence-electron chi connectivity index (χ0n) is 14.9. The van der Waals surface area contributed by atoms with Crippen molar-refractivity contribution in [1.29, 1.82) is 0 Å². The minimum atomic E-state index is -0.146. The highest BCUT2D eigenvalue weighted by molar-refractivity contribution is 5.92. The van der Waals surface area contributed by atoms with Gasteiger partial charge in [-0.05, 0) is 29.8 Å². The topological polar surface area (TPSA) is 68.2 Å². The summed E-state index contributed by atoms with van der Waals surface area (Å²) in [5, 5.41) is 5.97. The van der Waals surface area contributed by atoms with E-state index in [1.807, 2.05) is 48.5 Å². The molecule has 1 heterocycles. The maximum absolute atomic E-state index is 11.5. The monoisotopic (exact) mass is 350 g/mol. The number of amides is 1. The van der Waals surface area contributed by atoms with E-state index in [4.69, 9.17) is 9.72 Å². The van der Waals surface area contributed by atoms with Crippen molar-refractivity contribution in [2.45, 2.75) is 6.54 Å². The van der Waals surface area contributed by atoms with Crippen LogP contribution in [0.25, 0.3) is 17.1 Å². The van der Waals surface area contributed by atoms with Gasteiger partial charge < -0.3 is 19.9 Å². The lowest BCUT2D eigenvalue weighted by Gasteiger charge is -2.12. The molecule has 0 saturated carbocycles. The molecule has 0 atom stereocenters. The smallest absolute Gasteiger partial charge is 0.243 e. The van der Waals surface area contributed by atoms with Gasteiger partial charge in [0.2, 0.25) is 11.9 Å². The van der Waals surface area contributed by atoms with Crippen LogP contribution in [0.3, 0.4) is 0 Å². The molecule has 0 fully saturated rings. The summed E-state index contributed by atoms with van der Waals surface area (Å²) in [4.78, 5) is 16.2. The number of nitrogens with one attached hydrogen (secondary N) is 2. The van der Waals surface area contributed by atoms with E-state index in [0.29, 0.717) is 13.2 Å². The number of anilines is 2. The van der Waals surface area contributed by atoms with Crippen LogP contribution in [0, 0.1) is 0 Å². The van der Waals surface area contributed by atoms with E-state index < -0.39 is 0 Å². The lowest BCUT2D eigenvalue weighted by atomic mass is 10.1. The third kappa shape index (κ3) is 3.92. The van der Waals surface area contributed by atoms with Crippen molar-refractivity contribution in [1.82, 2.24) is 14.9 Å². The molecule has 0 aliphatic rings. The van der Waals surface area contributed by atoms with Crippen molar-refractivity contribution in [3.63, 3.8) is 0 Å². The van der Waals surface area contributed by atoms with Gasteiger partial charge in [-0.2, -0.15) is 0 Å². The number of nitrogens with zero attached hydrogens (tertiary/aromatic N) is 2. The molecule has 134 valence electrons. The van der Waals surface area contributed by atoms with Gasteiger partial charge >= 0.3 is 0 Å². The van der Waals surface area contributed by atoms with Crippen LogP contribution in [0.2, 0.25) is 0 Å². The number of para-hydroxylation sites is 3. The molecule has 2 aromatic carbocycles. The molecule has 1 amide bonds. The summed E-state index contributed by atoms with van der Waals surface area (Å²) in [6.07, 6.45) is 3.29. The molecular formula is C20H22N4O2. The Morgan fingerprint density at radius 2 is 1.96 bits per heavy atom. The lowest BCUT2D eigenvalue weighted by Crippen LogP contribution is -2.13. The standard InChI is InChI=1S/C20H22N4O2/c1-21-19(25)12-11-15-7-3-4-8-16(15)22-20-23-17-9-5-6-10-18(17)24(20)13-14-26-2/h3-12H,13-14H2,1-2H3,(H,21,25)(H,22,23)/b12-11+. The number of ether oxygens (including phenoxy) is 1. The van der Waals surface area contributed by atoms with E-state index in [1.165, 1.54) is 6.08 Å². The first-order chi connectivity index (χ1) is 12.7. The maximum atomic E-state index is 11.5. The van der Waals surface area contributed by atoms with Gasteiger partial charge in [-0.15, -0.1) is 0 Å². The van der Waals surface area contributed by atoms with Gasteiger partial charge in [0.15, 0.2) is 0 Å². The first kappa shape index (κ1) is 17.7. The van der Waals surface area contributed by atoms with Crippen LogP contribution in [0.4, 0.5) is 11.6 Å². The normalized spacial score (nSPS) is 11.2. The Bertz CT molecular complexity index is 930. The molecule has 0 bridgehead atoms. The van der Waals surface area contributed by atoms with E-state index in [1.54, 1.807) is 20.2 Å². The average molecular weight is 350 g/mol. The van der Waals surface area contributed by atoms with E-state index in [0.717, 1.165) is 28.2 Å². The molecule has 26 heavy (non-hydrogen) atoms. The Labute approximate surface area is 152 Å². The minimum absolute atomic E-state index is 0.146. The molecule has 0 radical (unpaired) electrons. The number of carbonyl (C=O) groups is 1. The molecular weight excluding hydrogens is 328 g/mol. The molecule has 6 heteroatoms. The molecule has 0 aliphatic heterocycles. The lowest BCUT2D eigenvalue weighted by molar-refractivity contribution is -0.115. The predicted molar refractivity (Wildman–Crippen MR) is 104 cm³/mol.